The molecule has 0 radical (unpaired) electrons. The molecule has 0 amide bonds. The molecule has 2 unspecified atom stereocenters. The quantitative estimate of drug-likeness (QED) is 0.0264. The number of ether oxygens (including phenoxy) is 2. The van der Waals surface area contributed by atoms with Gasteiger partial charge in [-0.25, -0.2) is 4.57 Å². The molecule has 0 saturated carbocycles. The molecule has 0 spiro atoms. The van der Waals surface area contributed by atoms with Crippen LogP contribution < -0.4 is 5.73 Å². The fourth-order valence-corrected chi connectivity index (χ4v) is 8.69. The zero-order valence-corrected chi connectivity index (χ0v) is 48.6. The number of rotatable bonds is 55. The molecule has 75 heavy (non-hydrogen) atoms. The lowest BCUT2D eigenvalue weighted by Crippen LogP contribution is -2.29. The summed E-state index contributed by atoms with van der Waals surface area (Å²) in [7, 11) is -4.39. The van der Waals surface area contributed by atoms with Gasteiger partial charge in [-0.3, -0.25) is 18.6 Å². The Morgan fingerprint density at radius 2 is 0.733 bits per heavy atom. The highest BCUT2D eigenvalue weighted by molar-refractivity contribution is 7.47. The second-order valence-electron chi connectivity index (χ2n) is 19.5. The molecule has 0 aliphatic rings. The molecule has 0 aliphatic heterocycles. The van der Waals surface area contributed by atoms with E-state index in [2.05, 4.69) is 135 Å². The number of hydrogen-bond acceptors (Lipinski definition) is 8. The standard InChI is InChI=1S/C65H110NO8P/c1-3-5-7-9-11-13-15-17-18-19-20-21-22-23-24-25-26-27-28-29-30-31-32-33-34-35-36-37-38-39-40-41-42-43-44-46-48-50-52-54-56-58-65(68)74-63(62-73-75(69,70)72-60-59-66)61-71-64(67)57-55-53-51-49-47-45-16-14-12-10-8-6-4-2/h5,7-8,10-11,13-14,16-18,20-21,23-24,26-27,29-30,32-33,63H,3-4,6,9,12,15,19,22,25,28,31,34-62,66H2,1-2H3,(H,69,70)/b7-5-,10-8-,13-11-,16-14-,18-17-,21-20-,24-23-,27-26-,30-29-,33-32-. The van der Waals surface area contributed by atoms with E-state index in [9.17, 15) is 19.0 Å². The fraction of sp³-hybridized carbons (Fsp3) is 0.662. The molecule has 0 aromatic heterocycles. The van der Waals surface area contributed by atoms with Crippen molar-refractivity contribution in [2.24, 2.45) is 5.73 Å². The Balaban J connectivity index is 3.86. The number of phosphoric acid groups is 1. The minimum atomic E-state index is -4.39. The van der Waals surface area contributed by atoms with Crippen molar-refractivity contribution in [3.8, 4) is 0 Å². The van der Waals surface area contributed by atoms with Crippen molar-refractivity contribution in [2.45, 2.75) is 251 Å². The van der Waals surface area contributed by atoms with Gasteiger partial charge >= 0.3 is 19.8 Å². The van der Waals surface area contributed by atoms with Gasteiger partial charge in [0.2, 0.25) is 0 Å². The van der Waals surface area contributed by atoms with E-state index in [1.165, 1.54) is 89.9 Å². The Bertz CT molecular complexity index is 1640. The van der Waals surface area contributed by atoms with Crippen LogP contribution in [0.4, 0.5) is 0 Å². The van der Waals surface area contributed by atoms with Gasteiger partial charge in [0.05, 0.1) is 13.2 Å². The molecule has 0 rings (SSSR count). The normalized spacial score (nSPS) is 13.9. The van der Waals surface area contributed by atoms with Gasteiger partial charge in [0.25, 0.3) is 0 Å². The van der Waals surface area contributed by atoms with Crippen molar-refractivity contribution in [1.29, 1.82) is 0 Å². The Morgan fingerprint density at radius 1 is 0.413 bits per heavy atom. The average Bonchev–Trinajstić information content (AvgIpc) is 3.40. The largest absolute Gasteiger partial charge is 0.472 e. The Morgan fingerprint density at radius 3 is 1.09 bits per heavy atom. The van der Waals surface area contributed by atoms with Crippen LogP contribution >= 0.6 is 7.82 Å². The second-order valence-corrected chi connectivity index (χ2v) is 20.9. The van der Waals surface area contributed by atoms with Gasteiger partial charge in [0.1, 0.15) is 6.61 Å². The number of hydrogen-bond donors (Lipinski definition) is 2. The van der Waals surface area contributed by atoms with Crippen molar-refractivity contribution in [3.05, 3.63) is 122 Å². The molecule has 10 heteroatoms. The average molecular weight is 1060 g/mol. The molecule has 0 fully saturated rings. The van der Waals surface area contributed by atoms with Crippen LogP contribution in [-0.2, 0) is 32.7 Å². The molecular weight excluding hydrogens is 954 g/mol. The predicted molar refractivity (Wildman–Crippen MR) is 321 cm³/mol. The van der Waals surface area contributed by atoms with E-state index >= 15 is 0 Å². The minimum absolute atomic E-state index is 0.0476. The topological polar surface area (TPSA) is 134 Å². The van der Waals surface area contributed by atoms with E-state index in [1.807, 2.05) is 0 Å². The Kier molecular flexibility index (Phi) is 56.8. The second kappa shape index (κ2) is 59.7. The third-order valence-corrected chi connectivity index (χ3v) is 13.3. The molecule has 9 nitrogen and oxygen atoms in total. The molecule has 0 aromatic carbocycles. The zero-order valence-electron chi connectivity index (χ0n) is 47.7. The first kappa shape index (κ1) is 71.4. The van der Waals surface area contributed by atoms with Gasteiger partial charge in [0.15, 0.2) is 6.10 Å². The van der Waals surface area contributed by atoms with Gasteiger partial charge in [0, 0.05) is 19.4 Å². The number of carbonyl (C=O) groups is 2. The lowest BCUT2D eigenvalue weighted by atomic mass is 10.0. The van der Waals surface area contributed by atoms with Crippen LogP contribution in [0, 0.1) is 0 Å². The highest BCUT2D eigenvalue weighted by atomic mass is 31.2. The number of phosphoric ester groups is 1. The van der Waals surface area contributed by atoms with Gasteiger partial charge in [-0.2, -0.15) is 0 Å². The lowest BCUT2D eigenvalue weighted by molar-refractivity contribution is -0.161. The molecule has 428 valence electrons. The Labute approximate surface area is 460 Å². The van der Waals surface area contributed by atoms with Crippen LogP contribution in [0.25, 0.3) is 0 Å². The van der Waals surface area contributed by atoms with Gasteiger partial charge in [-0.05, 0) is 103 Å². The Hall–Kier alpha value is -3.59. The summed E-state index contributed by atoms with van der Waals surface area (Å²) < 4.78 is 32.9. The summed E-state index contributed by atoms with van der Waals surface area (Å²) in [5.74, 6) is -0.847. The van der Waals surface area contributed by atoms with E-state index in [0.29, 0.717) is 12.8 Å². The summed E-state index contributed by atoms with van der Waals surface area (Å²) >= 11 is 0. The van der Waals surface area contributed by atoms with Crippen molar-refractivity contribution >= 4 is 19.8 Å². The van der Waals surface area contributed by atoms with Crippen molar-refractivity contribution in [2.75, 3.05) is 26.4 Å². The minimum Gasteiger partial charge on any atom is -0.462 e. The van der Waals surface area contributed by atoms with Crippen LogP contribution in [0.1, 0.15) is 245 Å². The first-order chi connectivity index (χ1) is 36.8. The van der Waals surface area contributed by atoms with Crippen LogP contribution in [0.3, 0.4) is 0 Å². The summed E-state index contributed by atoms with van der Waals surface area (Å²) in [5.41, 5.74) is 5.37. The van der Waals surface area contributed by atoms with Crippen LogP contribution in [0.2, 0.25) is 0 Å². The molecule has 0 bridgehead atoms. The predicted octanol–water partition coefficient (Wildman–Crippen LogP) is 19.2. The van der Waals surface area contributed by atoms with Crippen LogP contribution in [-0.4, -0.2) is 49.3 Å². The van der Waals surface area contributed by atoms with E-state index < -0.39 is 32.5 Å². The van der Waals surface area contributed by atoms with Crippen molar-refractivity contribution < 1.29 is 37.6 Å². The molecule has 2 atom stereocenters. The first-order valence-electron chi connectivity index (χ1n) is 30.0. The summed E-state index contributed by atoms with van der Waals surface area (Å²) in [6.07, 6.45) is 82.8. The van der Waals surface area contributed by atoms with E-state index in [0.717, 1.165) is 116 Å². The maximum absolute atomic E-state index is 12.7. The van der Waals surface area contributed by atoms with E-state index in [-0.39, 0.29) is 32.6 Å². The molecule has 0 heterocycles. The maximum atomic E-state index is 12.7. The fourth-order valence-electron chi connectivity index (χ4n) is 7.92. The monoisotopic (exact) mass is 1060 g/mol. The number of esters is 2. The van der Waals surface area contributed by atoms with Crippen LogP contribution in [0.15, 0.2) is 122 Å². The lowest BCUT2D eigenvalue weighted by Gasteiger charge is -2.19. The molecular formula is C65H110NO8P. The smallest absolute Gasteiger partial charge is 0.462 e. The third-order valence-electron chi connectivity index (χ3n) is 12.3. The van der Waals surface area contributed by atoms with E-state index in [1.54, 1.807) is 0 Å². The molecule has 0 aliphatic carbocycles. The number of nitrogens with two attached hydrogens (primary N) is 1. The zero-order chi connectivity index (χ0) is 54.5. The SMILES string of the molecule is CC/C=C\C/C=C\C/C=C\C/C=C\C/C=C\C/C=C\C/C=C\C/C=C\CCCCCCCCCCCCCCCCCCC(=O)OC(COC(=O)CCCCCCC/C=C\C/C=C\CCC)COP(=O)(O)OCCN. The molecule has 3 N–H and O–H groups in total. The maximum Gasteiger partial charge on any atom is 0.472 e. The van der Waals surface area contributed by atoms with E-state index in [4.69, 9.17) is 24.3 Å². The number of carbonyl (C=O) groups excluding carboxylic acids is 2. The number of unbranched alkanes of at least 4 members (excludes halogenated alkanes) is 22. The van der Waals surface area contributed by atoms with Crippen LogP contribution in [0.5, 0.6) is 0 Å². The molecule has 0 aromatic rings. The van der Waals surface area contributed by atoms with Gasteiger partial charge < -0.3 is 20.1 Å². The summed E-state index contributed by atoms with van der Waals surface area (Å²) in [4.78, 5) is 35.1. The highest BCUT2D eigenvalue weighted by Gasteiger charge is 2.26. The summed E-state index contributed by atoms with van der Waals surface area (Å²) in [5, 5.41) is 0. The first-order valence-corrected chi connectivity index (χ1v) is 31.5. The third kappa shape index (κ3) is 59.5. The van der Waals surface area contributed by atoms with Gasteiger partial charge in [-0.15, -0.1) is 0 Å². The highest BCUT2D eigenvalue weighted by Crippen LogP contribution is 2.43. The number of allylic oxidation sites excluding steroid dienone is 20. The summed E-state index contributed by atoms with van der Waals surface area (Å²) in [6.45, 7) is 3.54. The van der Waals surface area contributed by atoms with Gasteiger partial charge in [-0.1, -0.05) is 251 Å². The molecule has 0 saturated heterocycles. The van der Waals surface area contributed by atoms with Crippen molar-refractivity contribution in [1.82, 2.24) is 0 Å². The van der Waals surface area contributed by atoms with Crippen molar-refractivity contribution in [3.63, 3.8) is 0 Å². The summed E-state index contributed by atoms with van der Waals surface area (Å²) in [6, 6.07) is 0.